The van der Waals surface area contributed by atoms with Crippen LogP contribution in [0.2, 0.25) is 5.28 Å². The molecule has 90 valence electrons. The fraction of sp³-hybridized carbons (Fsp3) is 0.0769. The molecule has 1 aromatic carbocycles. The number of para-hydroxylation sites is 1. The van der Waals surface area contributed by atoms with Gasteiger partial charge in [-0.05, 0) is 23.7 Å². The van der Waals surface area contributed by atoms with Crippen LogP contribution in [0, 0.1) is 5.82 Å². The quantitative estimate of drug-likeness (QED) is 0.629. The van der Waals surface area contributed by atoms with Crippen LogP contribution in [0.25, 0.3) is 22.3 Å². The number of hydrogen-bond donors (Lipinski definition) is 0. The highest BCUT2D eigenvalue weighted by molar-refractivity contribution is 6.28. The molecule has 2 heterocycles. The van der Waals surface area contributed by atoms with Gasteiger partial charge in [0.05, 0.1) is 11.9 Å². The van der Waals surface area contributed by atoms with Gasteiger partial charge in [0.25, 0.3) is 0 Å². The summed E-state index contributed by atoms with van der Waals surface area (Å²) in [4.78, 5) is 7.58. The lowest BCUT2D eigenvalue weighted by Crippen LogP contribution is -1.97. The Balaban J connectivity index is 2.31. The zero-order valence-electron chi connectivity index (χ0n) is 9.56. The average molecular weight is 262 g/mol. The van der Waals surface area contributed by atoms with Crippen molar-refractivity contribution in [1.29, 1.82) is 0 Å². The molecule has 18 heavy (non-hydrogen) atoms. The maximum absolute atomic E-state index is 13.8. The lowest BCUT2D eigenvalue weighted by Gasteiger charge is -2.04. The van der Waals surface area contributed by atoms with Crippen molar-refractivity contribution in [2.75, 3.05) is 0 Å². The summed E-state index contributed by atoms with van der Waals surface area (Å²) in [5, 5.41) is 1.07. The lowest BCUT2D eigenvalue weighted by atomic mass is 10.2. The molecule has 3 aromatic rings. The van der Waals surface area contributed by atoms with Gasteiger partial charge in [0, 0.05) is 18.0 Å². The maximum Gasteiger partial charge on any atom is 0.223 e. The fourth-order valence-electron chi connectivity index (χ4n) is 2.04. The molecule has 0 atom stereocenters. The number of hydrogen-bond acceptors (Lipinski definition) is 2. The van der Waals surface area contributed by atoms with Gasteiger partial charge in [-0.2, -0.15) is 0 Å². The Hall–Kier alpha value is -1.94. The molecule has 3 nitrogen and oxygen atoms in total. The third kappa shape index (κ3) is 1.66. The molecule has 0 spiro atoms. The van der Waals surface area contributed by atoms with Gasteiger partial charge in [-0.1, -0.05) is 18.2 Å². The first-order chi connectivity index (χ1) is 8.66. The Morgan fingerprint density at radius 3 is 2.83 bits per heavy atom. The molecule has 0 aliphatic heterocycles. The highest BCUT2D eigenvalue weighted by atomic mass is 35.5. The Bertz CT molecular complexity index is 736. The summed E-state index contributed by atoms with van der Waals surface area (Å²) >= 11 is 5.72. The number of benzene rings is 1. The van der Waals surface area contributed by atoms with Gasteiger partial charge < -0.3 is 4.57 Å². The van der Waals surface area contributed by atoms with E-state index >= 15 is 0 Å². The maximum atomic E-state index is 13.8. The van der Waals surface area contributed by atoms with Gasteiger partial charge in [0.1, 0.15) is 5.69 Å². The van der Waals surface area contributed by atoms with Crippen molar-refractivity contribution in [3.63, 3.8) is 0 Å². The molecular weight excluding hydrogens is 253 g/mol. The minimum atomic E-state index is -0.481. The highest BCUT2D eigenvalue weighted by Gasteiger charge is 2.14. The zero-order valence-corrected chi connectivity index (χ0v) is 10.3. The summed E-state index contributed by atoms with van der Waals surface area (Å²) in [6.07, 6.45) is 1.09. The Morgan fingerprint density at radius 1 is 1.28 bits per heavy atom. The van der Waals surface area contributed by atoms with Crippen molar-refractivity contribution in [3.8, 4) is 11.4 Å². The van der Waals surface area contributed by atoms with Crippen LogP contribution in [0.1, 0.15) is 0 Å². The van der Waals surface area contributed by atoms with E-state index in [1.165, 1.54) is 0 Å². The summed E-state index contributed by atoms with van der Waals surface area (Å²) in [5.41, 5.74) is 1.91. The normalized spacial score (nSPS) is 11.1. The molecule has 0 N–H and O–H groups in total. The molecule has 5 heteroatoms. The molecule has 0 aliphatic carbocycles. The van der Waals surface area contributed by atoms with Crippen molar-refractivity contribution < 1.29 is 4.39 Å². The number of aromatic nitrogens is 3. The summed E-state index contributed by atoms with van der Waals surface area (Å²) in [6.45, 7) is 0. The topological polar surface area (TPSA) is 30.7 Å². The second-order valence-corrected chi connectivity index (χ2v) is 4.32. The largest absolute Gasteiger partial charge is 0.342 e. The monoisotopic (exact) mass is 261 g/mol. The number of rotatable bonds is 1. The fourth-order valence-corrected chi connectivity index (χ4v) is 2.17. The van der Waals surface area contributed by atoms with E-state index in [0.29, 0.717) is 5.69 Å². The molecule has 2 aromatic heterocycles. The van der Waals surface area contributed by atoms with E-state index in [4.69, 9.17) is 11.6 Å². The molecule has 0 radical (unpaired) electrons. The molecule has 3 rings (SSSR count). The second kappa shape index (κ2) is 4.07. The van der Waals surface area contributed by atoms with E-state index in [0.717, 1.165) is 17.1 Å². The van der Waals surface area contributed by atoms with Crippen molar-refractivity contribution in [1.82, 2.24) is 14.5 Å². The Kier molecular flexibility index (Phi) is 2.52. The third-order valence-electron chi connectivity index (χ3n) is 2.91. The summed E-state index contributed by atoms with van der Waals surface area (Å²) in [6, 6.07) is 9.71. The standard InChI is InChI=1S/C13H9ClFN3/c1-18-10-5-3-2-4-8(10)6-11(18)12-9(15)7-16-13(14)17-12/h2-7H,1H3. The Morgan fingerprint density at radius 2 is 2.06 bits per heavy atom. The number of fused-ring (bicyclic) bond motifs is 1. The Labute approximate surface area is 108 Å². The van der Waals surface area contributed by atoms with E-state index in [1.54, 1.807) is 0 Å². The molecule has 0 saturated heterocycles. The molecule has 0 aliphatic rings. The van der Waals surface area contributed by atoms with Crippen LogP contribution in [-0.2, 0) is 7.05 Å². The van der Waals surface area contributed by atoms with Gasteiger partial charge in [0.2, 0.25) is 5.28 Å². The molecule has 0 amide bonds. The summed E-state index contributed by atoms with van der Waals surface area (Å²) in [5.74, 6) is -0.481. The van der Waals surface area contributed by atoms with E-state index in [-0.39, 0.29) is 11.0 Å². The van der Waals surface area contributed by atoms with Gasteiger partial charge in [-0.15, -0.1) is 0 Å². The minimum absolute atomic E-state index is 0.0386. The molecule has 0 unspecified atom stereocenters. The lowest BCUT2D eigenvalue weighted by molar-refractivity contribution is 0.616. The van der Waals surface area contributed by atoms with Crippen LogP contribution in [-0.4, -0.2) is 14.5 Å². The predicted octanol–water partition coefficient (Wildman–Crippen LogP) is 3.43. The first-order valence-corrected chi connectivity index (χ1v) is 5.77. The predicted molar refractivity (Wildman–Crippen MR) is 68.9 cm³/mol. The number of nitrogens with zero attached hydrogens (tertiary/aromatic N) is 3. The molecule has 0 fully saturated rings. The van der Waals surface area contributed by atoms with Crippen LogP contribution in [0.15, 0.2) is 36.5 Å². The SMILES string of the molecule is Cn1c(-c2nc(Cl)ncc2F)cc2ccccc21. The average Bonchev–Trinajstić information content (AvgIpc) is 2.71. The van der Waals surface area contributed by atoms with Crippen molar-refractivity contribution >= 4 is 22.5 Å². The smallest absolute Gasteiger partial charge is 0.223 e. The van der Waals surface area contributed by atoms with E-state index in [9.17, 15) is 4.39 Å². The minimum Gasteiger partial charge on any atom is -0.342 e. The van der Waals surface area contributed by atoms with Gasteiger partial charge in [0.15, 0.2) is 5.82 Å². The molecular formula is C13H9ClFN3. The van der Waals surface area contributed by atoms with Crippen molar-refractivity contribution in [2.45, 2.75) is 0 Å². The number of halogens is 2. The zero-order chi connectivity index (χ0) is 12.7. The van der Waals surface area contributed by atoms with E-state index < -0.39 is 5.82 Å². The third-order valence-corrected chi connectivity index (χ3v) is 3.09. The number of aryl methyl sites for hydroxylation is 1. The summed E-state index contributed by atoms with van der Waals surface area (Å²) < 4.78 is 15.7. The molecule has 0 bridgehead atoms. The van der Waals surface area contributed by atoms with Crippen LogP contribution < -0.4 is 0 Å². The first kappa shape index (κ1) is 11.2. The highest BCUT2D eigenvalue weighted by Crippen LogP contribution is 2.27. The first-order valence-electron chi connectivity index (χ1n) is 5.39. The molecule has 0 saturated carbocycles. The van der Waals surface area contributed by atoms with Gasteiger partial charge in [-0.3, -0.25) is 0 Å². The van der Waals surface area contributed by atoms with Gasteiger partial charge >= 0.3 is 0 Å². The van der Waals surface area contributed by atoms with Gasteiger partial charge in [-0.25, -0.2) is 14.4 Å². The summed E-state index contributed by atoms with van der Waals surface area (Å²) in [7, 11) is 1.87. The van der Waals surface area contributed by atoms with Crippen molar-refractivity contribution in [2.24, 2.45) is 7.05 Å². The second-order valence-electron chi connectivity index (χ2n) is 3.98. The van der Waals surface area contributed by atoms with E-state index in [1.807, 2.05) is 41.9 Å². The van der Waals surface area contributed by atoms with Crippen LogP contribution >= 0.6 is 11.6 Å². The van der Waals surface area contributed by atoms with Crippen LogP contribution in [0.5, 0.6) is 0 Å². The van der Waals surface area contributed by atoms with Crippen LogP contribution in [0.3, 0.4) is 0 Å². The van der Waals surface area contributed by atoms with Crippen molar-refractivity contribution in [3.05, 3.63) is 47.6 Å². The van der Waals surface area contributed by atoms with E-state index in [2.05, 4.69) is 9.97 Å². The van der Waals surface area contributed by atoms with Crippen LogP contribution in [0.4, 0.5) is 4.39 Å².